The molecule has 0 saturated heterocycles. The van der Waals surface area contributed by atoms with Gasteiger partial charge < -0.3 is 5.73 Å². The fourth-order valence-corrected chi connectivity index (χ4v) is 0. The molecule has 0 aromatic rings. The molecule has 0 aliphatic carbocycles. The molecule has 0 aliphatic heterocycles. The van der Waals surface area contributed by atoms with Gasteiger partial charge in [0, 0.05) is 32.7 Å². The van der Waals surface area contributed by atoms with Crippen molar-refractivity contribution in [3.63, 3.8) is 0 Å². The molecule has 6 heavy (non-hydrogen) atoms. The number of nitrogens with two attached hydrogens (primary N) is 2. The molecule has 0 unspecified atom stereocenters. The first-order valence-electron chi connectivity index (χ1n) is 0.986. The second-order valence-corrected chi connectivity index (χ2v) is 0. The van der Waals surface area contributed by atoms with E-state index in [0.717, 1.165) is 0 Å². The summed E-state index contributed by atoms with van der Waals surface area (Å²) in [7, 11) is 1.50. The predicted molar refractivity (Wildman–Crippen MR) is 25.9 cm³/mol. The number of rotatable bonds is 0. The second kappa shape index (κ2) is 239. The number of hydrogen-bond acceptors (Lipinski definition) is 1. The van der Waals surface area contributed by atoms with Crippen molar-refractivity contribution in [2.75, 3.05) is 7.05 Å². The monoisotopic (exact) mass is 166 g/mol. The Bertz CT molecular complexity index is 8.75. The van der Waals surface area contributed by atoms with Gasteiger partial charge in [-0.15, -0.1) is 0 Å². The van der Waals surface area contributed by atoms with E-state index in [0.29, 0.717) is 0 Å². The summed E-state index contributed by atoms with van der Waals surface area (Å²) in [6.07, 6.45) is 0. The van der Waals surface area contributed by atoms with Gasteiger partial charge in [-0.05, 0) is 7.05 Å². The second-order valence-electron chi connectivity index (χ2n) is 0. The maximum atomic E-state index is 4.50. The van der Waals surface area contributed by atoms with Gasteiger partial charge in [0.15, 0.2) is 0 Å². The zero-order valence-corrected chi connectivity index (χ0v) is 6.28. The van der Waals surface area contributed by atoms with Gasteiger partial charge in [-0.25, -0.2) is 0 Å². The minimum atomic E-state index is 0. The average Bonchev–Trinajstić information content (AvgIpc) is 1.50. The summed E-state index contributed by atoms with van der Waals surface area (Å²) in [6, 6.07) is 0. The molecule has 0 saturated carbocycles. The standard InChI is InChI=1S/CH5N.CH3N.CH4.Y/c2*1-2;;/h2H2,1H3;2H,1H2;1H4;/p+1. The van der Waals surface area contributed by atoms with Crippen LogP contribution in [0.3, 0.4) is 0 Å². The van der Waals surface area contributed by atoms with Crippen LogP contribution in [0.1, 0.15) is 7.43 Å². The van der Waals surface area contributed by atoms with E-state index < -0.39 is 0 Å². The molecule has 0 spiro atoms. The van der Waals surface area contributed by atoms with Gasteiger partial charge in [-0.3, -0.25) is 5.41 Å². The van der Waals surface area contributed by atoms with Gasteiger partial charge in [0.2, 0.25) is 0 Å². The van der Waals surface area contributed by atoms with Crippen LogP contribution in [0.25, 0.3) is 0 Å². The molecule has 37 valence electrons. The molecule has 1 radical (unpaired) electrons. The van der Waals surface area contributed by atoms with Gasteiger partial charge >= 0.3 is 0 Å². The van der Waals surface area contributed by atoms with Gasteiger partial charge in [0.25, 0.3) is 0 Å². The molecule has 0 rings (SSSR count). The van der Waals surface area contributed by atoms with Crippen LogP contribution in [-0.4, -0.2) is 13.8 Å². The van der Waals surface area contributed by atoms with E-state index in [1.807, 2.05) is 0 Å². The van der Waals surface area contributed by atoms with Crippen LogP contribution >= 0.6 is 0 Å². The van der Waals surface area contributed by atoms with Crippen LogP contribution in [-0.2, 0) is 32.7 Å². The third kappa shape index (κ3) is 123. The SMILES string of the molecule is C.C=[NH2+].CN.[Y]. The molecule has 4 N–H and O–H groups in total. The zero-order valence-electron chi connectivity index (χ0n) is 3.44. The Morgan fingerprint density at radius 3 is 1.33 bits per heavy atom. The normalized spacial score (nSPS) is 1.67. The van der Waals surface area contributed by atoms with Gasteiger partial charge in [0.05, 0.1) is 0 Å². The Balaban J connectivity index is -0.00000000500. The minimum Gasteiger partial charge on any atom is -0.333 e. The zero-order chi connectivity index (χ0) is 4.00. The van der Waals surface area contributed by atoms with E-state index in [1.165, 1.54) is 7.05 Å². The summed E-state index contributed by atoms with van der Waals surface area (Å²) < 4.78 is 0. The fourth-order valence-electron chi connectivity index (χ4n) is 0. The maximum Gasteiger partial charge on any atom is 0.123 e. The van der Waals surface area contributed by atoms with Crippen LogP contribution < -0.4 is 11.1 Å². The molecule has 0 fully saturated rings. The van der Waals surface area contributed by atoms with Crippen LogP contribution in [0, 0.1) is 0 Å². The summed E-state index contributed by atoms with van der Waals surface area (Å²) in [5.41, 5.74) is 4.50. The van der Waals surface area contributed by atoms with Crippen molar-refractivity contribution < 1.29 is 38.1 Å². The summed E-state index contributed by atoms with van der Waals surface area (Å²) in [5, 5.41) is 4.25. The first-order valence-corrected chi connectivity index (χ1v) is 0.986. The Morgan fingerprint density at radius 2 is 1.33 bits per heavy atom. The molecule has 0 atom stereocenters. The van der Waals surface area contributed by atoms with Crippen molar-refractivity contribution in [3.8, 4) is 0 Å². The summed E-state index contributed by atoms with van der Waals surface area (Å²) >= 11 is 0. The number of hydrogen-bond donors (Lipinski definition) is 2. The summed E-state index contributed by atoms with van der Waals surface area (Å²) in [6.45, 7) is 2.75. The molecule has 0 aliphatic rings. The molecule has 0 bridgehead atoms. The fraction of sp³-hybridized carbons (Fsp3) is 0.667. The molecule has 0 aromatic carbocycles. The Kier molecular flexibility index (Phi) is 1180. The van der Waals surface area contributed by atoms with Crippen molar-refractivity contribution in [1.82, 2.24) is 0 Å². The Hall–Kier alpha value is 0.734. The largest absolute Gasteiger partial charge is 0.333 e. The topological polar surface area (TPSA) is 51.6 Å². The van der Waals surface area contributed by atoms with E-state index in [9.17, 15) is 0 Å². The average molecular weight is 166 g/mol. The molecular weight excluding hydrogens is 153 g/mol. The maximum absolute atomic E-state index is 4.50. The first-order chi connectivity index (χ1) is 2.00. The Labute approximate surface area is 64.9 Å². The summed E-state index contributed by atoms with van der Waals surface area (Å²) in [5.74, 6) is 0. The summed E-state index contributed by atoms with van der Waals surface area (Å²) in [4.78, 5) is 0. The molecule has 0 heterocycles. The quantitative estimate of drug-likeness (QED) is 0.430. The van der Waals surface area contributed by atoms with E-state index in [1.54, 1.807) is 0 Å². The molecule has 0 aromatic heterocycles. The molecular formula is C3H13N2Y+. The smallest absolute Gasteiger partial charge is 0.123 e. The Morgan fingerprint density at radius 1 is 1.33 bits per heavy atom. The van der Waals surface area contributed by atoms with Gasteiger partial charge in [-0.1, -0.05) is 7.43 Å². The van der Waals surface area contributed by atoms with Crippen LogP contribution in [0.5, 0.6) is 0 Å². The third-order valence-electron chi connectivity index (χ3n) is 0. The van der Waals surface area contributed by atoms with Crippen molar-refractivity contribution in [2.45, 2.75) is 7.43 Å². The van der Waals surface area contributed by atoms with Crippen LogP contribution in [0.15, 0.2) is 0 Å². The van der Waals surface area contributed by atoms with Crippen molar-refractivity contribution in [3.05, 3.63) is 0 Å². The van der Waals surface area contributed by atoms with Gasteiger partial charge in [0.1, 0.15) is 6.72 Å². The minimum absolute atomic E-state index is 0. The van der Waals surface area contributed by atoms with E-state index >= 15 is 0 Å². The molecule has 3 heteroatoms. The third-order valence-corrected chi connectivity index (χ3v) is 0. The van der Waals surface area contributed by atoms with Gasteiger partial charge in [-0.2, -0.15) is 0 Å². The van der Waals surface area contributed by atoms with E-state index in [-0.39, 0.29) is 40.1 Å². The van der Waals surface area contributed by atoms with Crippen LogP contribution in [0.4, 0.5) is 0 Å². The van der Waals surface area contributed by atoms with Crippen molar-refractivity contribution >= 4 is 6.72 Å². The predicted octanol–water partition coefficient (Wildman–Crippen LogP) is -1.35. The van der Waals surface area contributed by atoms with E-state index in [4.69, 9.17) is 0 Å². The first kappa shape index (κ1) is 29.6. The van der Waals surface area contributed by atoms with E-state index in [2.05, 4.69) is 17.9 Å². The molecule has 2 nitrogen and oxygen atoms in total. The molecule has 0 amide bonds. The van der Waals surface area contributed by atoms with Crippen molar-refractivity contribution in [1.29, 1.82) is 0 Å². The van der Waals surface area contributed by atoms with Crippen molar-refractivity contribution in [2.24, 2.45) is 5.73 Å². The van der Waals surface area contributed by atoms with Crippen LogP contribution in [0.2, 0.25) is 0 Å².